The lowest BCUT2D eigenvalue weighted by Gasteiger charge is -2.29. The summed E-state index contributed by atoms with van der Waals surface area (Å²) >= 11 is 1.36. The Bertz CT molecular complexity index is 952. The number of fused-ring (bicyclic) bond motifs is 1. The molecule has 1 aliphatic rings. The minimum Gasteiger partial charge on any atom is -0.480 e. The molecule has 206 valence electrons. The lowest BCUT2D eigenvalue weighted by molar-refractivity contribution is -0.136. The minimum absolute atomic E-state index is 0.0855. The van der Waals surface area contributed by atoms with Gasteiger partial charge in [-0.3, -0.25) is 4.79 Å². The van der Waals surface area contributed by atoms with Crippen molar-refractivity contribution >= 4 is 23.8 Å². The van der Waals surface area contributed by atoms with Crippen LogP contribution in [0.2, 0.25) is 0 Å². The van der Waals surface area contributed by atoms with Crippen LogP contribution in [-0.4, -0.2) is 39.8 Å². The Morgan fingerprint density at radius 1 is 1.14 bits per heavy atom. The molecule has 2 N–H and O–H groups in total. The van der Waals surface area contributed by atoms with Gasteiger partial charge in [0.1, 0.15) is 5.25 Å². The number of benzene rings is 1. The molecule has 1 aromatic rings. The highest BCUT2D eigenvalue weighted by Crippen LogP contribution is 2.32. The summed E-state index contributed by atoms with van der Waals surface area (Å²) < 4.78 is 0. The molecule has 0 bridgehead atoms. The number of unbranched alkanes of at least 4 members (excludes halogenated alkanes) is 3. The molecular weight excluding hydrogens is 480 g/mol. The number of aliphatic carboxylic acids is 1. The highest BCUT2D eigenvalue weighted by molar-refractivity contribution is 8.00. The molecule has 1 aromatic carbocycles. The summed E-state index contributed by atoms with van der Waals surface area (Å²) in [6.07, 6.45) is 12.0. The fourth-order valence-electron chi connectivity index (χ4n) is 4.35. The Labute approximate surface area is 229 Å². The second-order valence-corrected chi connectivity index (χ2v) is 11.0. The van der Waals surface area contributed by atoms with Crippen molar-refractivity contribution in [2.75, 3.05) is 6.54 Å². The highest BCUT2D eigenvalue weighted by Gasteiger charge is 2.30. The number of carboxylic acids is 1. The van der Waals surface area contributed by atoms with Gasteiger partial charge in [-0.25, -0.2) is 4.79 Å². The average molecular weight is 529 g/mol. The third-order valence-electron chi connectivity index (χ3n) is 6.45. The maximum absolute atomic E-state index is 13.3. The van der Waals surface area contributed by atoms with Crippen LogP contribution in [0.3, 0.4) is 0 Å². The highest BCUT2D eigenvalue weighted by atomic mass is 32.2. The second-order valence-electron chi connectivity index (χ2n) is 9.58. The molecule has 5 nitrogen and oxygen atoms in total. The van der Waals surface area contributed by atoms with Crippen molar-refractivity contribution in [2.45, 2.75) is 103 Å². The number of hydrogen-bond donors (Lipinski definition) is 2. The van der Waals surface area contributed by atoms with Gasteiger partial charge in [0, 0.05) is 23.2 Å². The predicted octanol–water partition coefficient (Wildman–Crippen LogP) is 8.01. The van der Waals surface area contributed by atoms with Crippen LogP contribution in [0.1, 0.15) is 85.3 Å². The Morgan fingerprint density at radius 2 is 1.81 bits per heavy atom. The maximum Gasteiger partial charge on any atom is 0.322 e. The van der Waals surface area contributed by atoms with Crippen LogP contribution >= 0.6 is 11.8 Å². The van der Waals surface area contributed by atoms with Gasteiger partial charge in [0.05, 0.1) is 0 Å². The number of nitrogens with one attached hydrogen (secondary N) is 1. The van der Waals surface area contributed by atoms with E-state index in [2.05, 4.69) is 50.9 Å². The third kappa shape index (κ3) is 10.8. The number of allylic oxidation sites excluding steroid dienone is 4. The largest absolute Gasteiger partial charge is 0.480 e. The van der Waals surface area contributed by atoms with Gasteiger partial charge in [-0.2, -0.15) is 0 Å². The molecule has 0 saturated carbocycles. The van der Waals surface area contributed by atoms with E-state index in [1.54, 1.807) is 6.92 Å². The second kappa shape index (κ2) is 17.1. The van der Waals surface area contributed by atoms with Crippen molar-refractivity contribution in [3.63, 3.8) is 0 Å². The minimum atomic E-state index is -0.812. The SMILES string of the molecule is C=C(/C=C\C(=C/C)C(C)C)NC(=O)N(CCCCCC)C1Cc2ccc(SC(C)C(=O)O)cc2C1.CC. The number of rotatable bonds is 13. The zero-order chi connectivity index (χ0) is 28.0. The number of thioether (sulfide) groups is 1. The number of amides is 2. The van der Waals surface area contributed by atoms with Crippen molar-refractivity contribution in [1.82, 2.24) is 10.2 Å². The van der Waals surface area contributed by atoms with E-state index in [4.69, 9.17) is 0 Å². The lowest BCUT2D eigenvalue weighted by atomic mass is 10.0. The Hall–Kier alpha value is -2.47. The first-order valence-electron chi connectivity index (χ1n) is 13.8. The first-order valence-corrected chi connectivity index (χ1v) is 14.7. The molecule has 0 saturated heterocycles. The van der Waals surface area contributed by atoms with E-state index in [0.717, 1.165) is 37.0 Å². The van der Waals surface area contributed by atoms with Gasteiger partial charge in [0.15, 0.2) is 0 Å². The molecule has 0 spiro atoms. The summed E-state index contributed by atoms with van der Waals surface area (Å²) in [5.41, 5.74) is 4.23. The van der Waals surface area contributed by atoms with Gasteiger partial charge < -0.3 is 15.3 Å². The fraction of sp³-hybridized carbons (Fsp3) is 0.548. The summed E-state index contributed by atoms with van der Waals surface area (Å²) in [7, 11) is 0. The van der Waals surface area contributed by atoms with Crippen LogP contribution in [-0.2, 0) is 17.6 Å². The molecule has 37 heavy (non-hydrogen) atoms. The first-order chi connectivity index (χ1) is 17.7. The van der Waals surface area contributed by atoms with E-state index >= 15 is 0 Å². The summed E-state index contributed by atoms with van der Waals surface area (Å²) in [6, 6.07) is 6.17. The molecule has 2 amide bonds. The van der Waals surface area contributed by atoms with Crippen molar-refractivity contribution in [1.29, 1.82) is 0 Å². The van der Waals surface area contributed by atoms with Gasteiger partial charge in [0.2, 0.25) is 0 Å². The zero-order valence-electron chi connectivity index (χ0n) is 24.0. The first kappa shape index (κ1) is 32.6. The van der Waals surface area contributed by atoms with Crippen LogP contribution in [0.5, 0.6) is 0 Å². The normalized spacial score (nSPS) is 15.7. The quantitative estimate of drug-likeness (QED) is 0.155. The van der Waals surface area contributed by atoms with Crippen LogP contribution in [0.4, 0.5) is 4.79 Å². The van der Waals surface area contributed by atoms with E-state index in [1.807, 2.05) is 43.9 Å². The Balaban J connectivity index is 0.00000334. The molecular formula is C31H48N2O3S. The van der Waals surface area contributed by atoms with Crippen molar-refractivity contribution < 1.29 is 14.7 Å². The monoisotopic (exact) mass is 528 g/mol. The maximum atomic E-state index is 13.3. The van der Waals surface area contributed by atoms with Gasteiger partial charge in [-0.15, -0.1) is 11.8 Å². The van der Waals surface area contributed by atoms with Gasteiger partial charge in [0.25, 0.3) is 0 Å². The number of hydrogen-bond acceptors (Lipinski definition) is 3. The van der Waals surface area contributed by atoms with E-state index in [9.17, 15) is 14.7 Å². The number of carboxylic acid groups (broad SMARTS) is 1. The smallest absolute Gasteiger partial charge is 0.322 e. The zero-order valence-corrected chi connectivity index (χ0v) is 24.8. The molecule has 2 rings (SSSR count). The predicted molar refractivity (Wildman–Crippen MR) is 158 cm³/mol. The number of carbonyl (C=O) groups is 2. The molecule has 0 fully saturated rings. The average Bonchev–Trinajstić information content (AvgIpc) is 3.28. The van der Waals surface area contributed by atoms with Crippen molar-refractivity contribution in [3.8, 4) is 0 Å². The van der Waals surface area contributed by atoms with Gasteiger partial charge in [-0.05, 0) is 73.9 Å². The molecule has 0 aliphatic heterocycles. The van der Waals surface area contributed by atoms with Crippen LogP contribution in [0.15, 0.2) is 59.2 Å². The fourth-order valence-corrected chi connectivity index (χ4v) is 5.21. The Kier molecular flexibility index (Phi) is 15.1. The van der Waals surface area contributed by atoms with Gasteiger partial charge >= 0.3 is 12.0 Å². The molecule has 2 atom stereocenters. The molecule has 1 aliphatic carbocycles. The van der Waals surface area contributed by atoms with Crippen LogP contribution < -0.4 is 5.32 Å². The standard InChI is InChI=1S/C29H42N2O3S.C2H6/c1-7-9-10-11-16-31(29(34)30-21(5)12-13-23(8-2)20(3)4)26-17-24-14-15-27(19-25(24)18-26)35-22(6)28(32)33;1-2/h8,12-15,19-20,22,26H,5,7,9-11,16-18H2,1-4,6H3,(H,30,34)(H,32,33);1-2H3/b13-12-,23-8+;. The molecule has 2 unspecified atom stereocenters. The van der Waals surface area contributed by atoms with E-state index in [-0.39, 0.29) is 12.1 Å². The van der Waals surface area contributed by atoms with E-state index < -0.39 is 11.2 Å². The lowest BCUT2D eigenvalue weighted by Crippen LogP contribution is -2.46. The summed E-state index contributed by atoms with van der Waals surface area (Å²) in [5.74, 6) is -0.402. The molecule has 6 heteroatoms. The van der Waals surface area contributed by atoms with E-state index in [1.165, 1.54) is 34.9 Å². The summed E-state index contributed by atoms with van der Waals surface area (Å²) in [5, 5.41) is 11.7. The third-order valence-corrected chi connectivity index (χ3v) is 7.53. The summed E-state index contributed by atoms with van der Waals surface area (Å²) in [6.45, 7) is 19.0. The molecule has 0 aromatic heterocycles. The number of urea groups is 1. The van der Waals surface area contributed by atoms with Gasteiger partial charge in [-0.1, -0.05) is 78.7 Å². The summed E-state index contributed by atoms with van der Waals surface area (Å²) in [4.78, 5) is 27.5. The topological polar surface area (TPSA) is 69.6 Å². The number of carbonyl (C=O) groups excluding carboxylic acids is 1. The molecule has 0 radical (unpaired) electrons. The van der Waals surface area contributed by atoms with Crippen molar-refractivity contribution in [3.05, 3.63) is 65.4 Å². The van der Waals surface area contributed by atoms with Crippen LogP contribution in [0, 0.1) is 5.92 Å². The Morgan fingerprint density at radius 3 is 2.41 bits per heavy atom. The van der Waals surface area contributed by atoms with Crippen molar-refractivity contribution in [2.24, 2.45) is 5.92 Å². The van der Waals surface area contributed by atoms with Crippen LogP contribution in [0.25, 0.3) is 0 Å². The molecule has 0 heterocycles. The van der Waals surface area contributed by atoms with E-state index in [0.29, 0.717) is 18.2 Å². The number of nitrogens with zero attached hydrogens (tertiary/aromatic N) is 1.